The predicted molar refractivity (Wildman–Crippen MR) is 78.7 cm³/mol. The average molecular weight is 258 g/mol. The number of aromatic nitrogens is 1. The van der Waals surface area contributed by atoms with E-state index in [1.165, 1.54) is 5.56 Å². The van der Waals surface area contributed by atoms with Gasteiger partial charge in [0.2, 0.25) is 0 Å². The third-order valence-electron chi connectivity index (χ3n) is 2.62. The van der Waals surface area contributed by atoms with E-state index in [4.69, 9.17) is 0 Å². The summed E-state index contributed by atoms with van der Waals surface area (Å²) in [7, 11) is 0. The number of allylic oxidation sites excluding steroid dienone is 1. The fourth-order valence-electron chi connectivity index (χ4n) is 1.68. The van der Waals surface area contributed by atoms with Gasteiger partial charge in [0.15, 0.2) is 0 Å². The molecule has 3 heteroatoms. The Morgan fingerprint density at radius 2 is 2.11 bits per heavy atom. The Hall–Kier alpha value is -1.45. The lowest BCUT2D eigenvalue weighted by atomic mass is 10.2. The monoisotopic (exact) mass is 258 g/mol. The summed E-state index contributed by atoms with van der Waals surface area (Å²) in [5.74, 6) is 0. The van der Waals surface area contributed by atoms with Crippen LogP contribution in [0, 0.1) is 0 Å². The van der Waals surface area contributed by atoms with Crippen LogP contribution < -0.4 is 5.32 Å². The summed E-state index contributed by atoms with van der Waals surface area (Å²) >= 11 is 1.72. The van der Waals surface area contributed by atoms with Crippen LogP contribution >= 0.6 is 11.3 Å². The Bertz CT molecular complexity index is 488. The van der Waals surface area contributed by atoms with Gasteiger partial charge in [0.1, 0.15) is 5.01 Å². The zero-order valence-corrected chi connectivity index (χ0v) is 11.4. The van der Waals surface area contributed by atoms with E-state index in [1.807, 2.05) is 25.1 Å². The van der Waals surface area contributed by atoms with Crippen LogP contribution in [-0.2, 0) is 6.54 Å². The van der Waals surface area contributed by atoms with Crippen molar-refractivity contribution < 1.29 is 0 Å². The molecule has 0 bridgehead atoms. The second-order valence-corrected chi connectivity index (χ2v) is 4.97. The highest BCUT2D eigenvalue weighted by molar-refractivity contribution is 7.09. The zero-order valence-electron chi connectivity index (χ0n) is 10.6. The molecule has 0 unspecified atom stereocenters. The Morgan fingerprint density at radius 3 is 2.89 bits per heavy atom. The van der Waals surface area contributed by atoms with Crippen LogP contribution in [0.15, 0.2) is 47.9 Å². The van der Waals surface area contributed by atoms with E-state index in [2.05, 4.69) is 40.0 Å². The van der Waals surface area contributed by atoms with E-state index < -0.39 is 0 Å². The lowest BCUT2D eigenvalue weighted by Crippen LogP contribution is -2.13. The molecule has 0 atom stereocenters. The van der Waals surface area contributed by atoms with Crippen LogP contribution in [-0.4, -0.2) is 11.5 Å². The SMILES string of the molecule is C/C=C/CCNCc1nc(-c2ccccc2)cs1. The normalized spacial score (nSPS) is 11.2. The van der Waals surface area contributed by atoms with E-state index in [9.17, 15) is 0 Å². The molecule has 0 saturated heterocycles. The van der Waals surface area contributed by atoms with Gasteiger partial charge >= 0.3 is 0 Å². The maximum Gasteiger partial charge on any atom is 0.107 e. The number of hydrogen-bond acceptors (Lipinski definition) is 3. The third kappa shape index (κ3) is 3.79. The Balaban J connectivity index is 1.87. The quantitative estimate of drug-likeness (QED) is 0.628. The molecule has 0 aliphatic carbocycles. The van der Waals surface area contributed by atoms with E-state index in [1.54, 1.807) is 11.3 Å². The van der Waals surface area contributed by atoms with Crippen molar-refractivity contribution in [1.29, 1.82) is 0 Å². The van der Waals surface area contributed by atoms with Gasteiger partial charge in [-0.15, -0.1) is 11.3 Å². The molecule has 0 spiro atoms. The van der Waals surface area contributed by atoms with E-state index in [0.29, 0.717) is 0 Å². The van der Waals surface area contributed by atoms with Gasteiger partial charge in [-0.2, -0.15) is 0 Å². The number of hydrogen-bond donors (Lipinski definition) is 1. The van der Waals surface area contributed by atoms with Crippen molar-refractivity contribution in [2.45, 2.75) is 19.9 Å². The number of nitrogens with one attached hydrogen (secondary N) is 1. The highest BCUT2D eigenvalue weighted by Gasteiger charge is 2.03. The fraction of sp³-hybridized carbons (Fsp3) is 0.267. The fourth-order valence-corrected chi connectivity index (χ4v) is 2.45. The molecule has 1 N–H and O–H groups in total. The van der Waals surface area contributed by atoms with Crippen LogP contribution in [0.3, 0.4) is 0 Å². The molecule has 1 aromatic carbocycles. The summed E-state index contributed by atoms with van der Waals surface area (Å²) in [6.45, 7) is 3.91. The topological polar surface area (TPSA) is 24.9 Å². The molecule has 94 valence electrons. The first-order valence-electron chi connectivity index (χ1n) is 6.22. The van der Waals surface area contributed by atoms with Gasteiger partial charge in [0, 0.05) is 17.5 Å². The second kappa shape index (κ2) is 7.09. The molecule has 0 radical (unpaired) electrons. The minimum Gasteiger partial charge on any atom is -0.310 e. The van der Waals surface area contributed by atoms with Crippen molar-refractivity contribution in [3.8, 4) is 11.3 Å². The maximum absolute atomic E-state index is 4.64. The summed E-state index contributed by atoms with van der Waals surface area (Å²) < 4.78 is 0. The van der Waals surface area contributed by atoms with Crippen LogP contribution in [0.1, 0.15) is 18.4 Å². The molecule has 0 saturated carbocycles. The van der Waals surface area contributed by atoms with Crippen LogP contribution in [0.2, 0.25) is 0 Å². The molecular formula is C15H18N2S. The highest BCUT2D eigenvalue weighted by atomic mass is 32.1. The molecule has 1 aromatic heterocycles. The largest absolute Gasteiger partial charge is 0.310 e. The van der Waals surface area contributed by atoms with E-state index >= 15 is 0 Å². The van der Waals surface area contributed by atoms with Gasteiger partial charge in [-0.05, 0) is 19.9 Å². The first-order valence-corrected chi connectivity index (χ1v) is 7.10. The van der Waals surface area contributed by atoms with Gasteiger partial charge in [-0.1, -0.05) is 42.5 Å². The molecule has 0 aliphatic rings. The molecule has 0 aliphatic heterocycles. The van der Waals surface area contributed by atoms with E-state index in [-0.39, 0.29) is 0 Å². The van der Waals surface area contributed by atoms with Crippen LogP contribution in [0.4, 0.5) is 0 Å². The smallest absolute Gasteiger partial charge is 0.107 e. The third-order valence-corrected chi connectivity index (χ3v) is 3.47. The van der Waals surface area contributed by atoms with Gasteiger partial charge in [0.05, 0.1) is 5.69 Å². The predicted octanol–water partition coefficient (Wildman–Crippen LogP) is 3.87. The second-order valence-electron chi connectivity index (χ2n) is 4.03. The molecule has 18 heavy (non-hydrogen) atoms. The Morgan fingerprint density at radius 1 is 1.28 bits per heavy atom. The van der Waals surface area contributed by atoms with E-state index in [0.717, 1.165) is 30.2 Å². The summed E-state index contributed by atoms with van der Waals surface area (Å²) in [5, 5.41) is 6.67. The van der Waals surface area contributed by atoms with Gasteiger partial charge < -0.3 is 5.32 Å². The van der Waals surface area contributed by atoms with Crippen molar-refractivity contribution in [3.05, 3.63) is 52.9 Å². The van der Waals surface area contributed by atoms with Gasteiger partial charge in [-0.3, -0.25) is 0 Å². The molecule has 2 rings (SSSR count). The molecule has 2 aromatic rings. The van der Waals surface area contributed by atoms with Crippen molar-refractivity contribution in [2.24, 2.45) is 0 Å². The molecule has 0 amide bonds. The molecular weight excluding hydrogens is 240 g/mol. The minimum atomic E-state index is 0.856. The molecule has 2 nitrogen and oxygen atoms in total. The summed E-state index contributed by atoms with van der Waals surface area (Å²) in [5.41, 5.74) is 2.26. The molecule has 0 fully saturated rings. The zero-order chi connectivity index (χ0) is 12.6. The lowest BCUT2D eigenvalue weighted by molar-refractivity contribution is 0.692. The van der Waals surface area contributed by atoms with Gasteiger partial charge in [-0.25, -0.2) is 4.98 Å². The van der Waals surface area contributed by atoms with Gasteiger partial charge in [0.25, 0.3) is 0 Å². The Kier molecular flexibility index (Phi) is 5.12. The van der Waals surface area contributed by atoms with Crippen LogP contribution in [0.25, 0.3) is 11.3 Å². The van der Waals surface area contributed by atoms with Crippen molar-refractivity contribution >= 4 is 11.3 Å². The minimum absolute atomic E-state index is 0.856. The number of rotatable bonds is 6. The highest BCUT2D eigenvalue weighted by Crippen LogP contribution is 2.21. The molecule has 1 heterocycles. The summed E-state index contributed by atoms with van der Waals surface area (Å²) in [4.78, 5) is 4.64. The maximum atomic E-state index is 4.64. The first kappa shape index (κ1) is 13.0. The standard InChI is InChI=1S/C15H18N2S/c1-2-3-7-10-16-11-15-17-14(12-18-15)13-8-5-4-6-9-13/h2-6,8-9,12,16H,7,10-11H2,1H3/b3-2+. The summed E-state index contributed by atoms with van der Waals surface area (Å²) in [6.07, 6.45) is 5.33. The Labute approximate surface area is 112 Å². The first-order chi connectivity index (χ1) is 8.90. The summed E-state index contributed by atoms with van der Waals surface area (Å²) in [6, 6.07) is 10.3. The van der Waals surface area contributed by atoms with Crippen molar-refractivity contribution in [3.63, 3.8) is 0 Å². The van der Waals surface area contributed by atoms with Crippen LogP contribution in [0.5, 0.6) is 0 Å². The van der Waals surface area contributed by atoms with Crippen molar-refractivity contribution in [2.75, 3.05) is 6.54 Å². The number of nitrogens with zero attached hydrogens (tertiary/aromatic N) is 1. The lowest BCUT2D eigenvalue weighted by Gasteiger charge is -1.99. The number of benzene rings is 1. The average Bonchev–Trinajstić information content (AvgIpc) is 2.88. The number of thiazole rings is 1. The van der Waals surface area contributed by atoms with Crippen molar-refractivity contribution in [1.82, 2.24) is 10.3 Å².